The van der Waals surface area contributed by atoms with Gasteiger partial charge in [0.15, 0.2) is 0 Å². The van der Waals surface area contributed by atoms with Crippen molar-refractivity contribution < 1.29 is 9.53 Å². The van der Waals surface area contributed by atoms with Crippen LogP contribution in [0.2, 0.25) is 0 Å². The minimum absolute atomic E-state index is 0.252. The summed E-state index contributed by atoms with van der Waals surface area (Å²) in [6, 6.07) is 14.9. The number of benzene rings is 2. The summed E-state index contributed by atoms with van der Waals surface area (Å²) >= 11 is 0. The Bertz CT molecular complexity index is 677. The zero-order valence-electron chi connectivity index (χ0n) is 14.3. The topological polar surface area (TPSA) is 53.9 Å². The number of nitrogens with one attached hydrogen (secondary N) is 1. The molecule has 0 fully saturated rings. The van der Waals surface area contributed by atoms with Gasteiger partial charge in [0, 0.05) is 25.3 Å². The first-order valence-corrected chi connectivity index (χ1v) is 7.94. The highest BCUT2D eigenvalue weighted by molar-refractivity contribution is 5.95. The first kappa shape index (κ1) is 17.5. The minimum atomic E-state index is -0.252. The molecule has 2 aromatic carbocycles. The zero-order valence-corrected chi connectivity index (χ0v) is 14.3. The van der Waals surface area contributed by atoms with Crippen LogP contribution in [0.25, 0.3) is 0 Å². The Labute approximate surface area is 142 Å². The third kappa shape index (κ3) is 5.12. The van der Waals surface area contributed by atoms with Gasteiger partial charge in [-0.05, 0) is 48.4 Å². The number of carbonyl (C=O) groups is 1. The van der Waals surface area contributed by atoms with E-state index in [1.807, 2.05) is 50.2 Å². The van der Waals surface area contributed by atoms with Gasteiger partial charge in [0.2, 0.25) is 0 Å². The summed E-state index contributed by atoms with van der Waals surface area (Å²) in [6.45, 7) is 2.72. The molecule has 0 aliphatic heterocycles. The summed E-state index contributed by atoms with van der Waals surface area (Å²) in [6.07, 6.45) is 2.57. The van der Waals surface area contributed by atoms with Gasteiger partial charge in [0.25, 0.3) is 5.91 Å². The Balaban J connectivity index is 1.89. The molecule has 0 saturated heterocycles. The van der Waals surface area contributed by atoms with Gasteiger partial charge in [-0.15, -0.1) is 0 Å². The van der Waals surface area contributed by atoms with Crippen LogP contribution in [0.5, 0.6) is 5.75 Å². The number of hydrogen-bond donors (Lipinski definition) is 1. The fraction of sp³-hybridized carbons (Fsp3) is 0.263. The van der Waals surface area contributed by atoms with Gasteiger partial charge in [-0.1, -0.05) is 19.1 Å². The standard InChI is InChI=1S/C19H23N3O2/c1-4-13-24-18-11-7-16(8-12-18)19(23)21-20-14-15-5-9-17(10-6-15)22(2)3/h5-12,14H,4,13H2,1-3H3,(H,21,23)/b20-14-. The number of anilines is 1. The summed E-state index contributed by atoms with van der Waals surface area (Å²) in [4.78, 5) is 14.1. The third-order valence-electron chi connectivity index (χ3n) is 3.38. The molecular formula is C19H23N3O2. The van der Waals surface area contributed by atoms with E-state index in [2.05, 4.69) is 10.5 Å². The number of carbonyl (C=O) groups excluding carboxylic acids is 1. The van der Waals surface area contributed by atoms with Crippen LogP contribution >= 0.6 is 0 Å². The second-order valence-corrected chi connectivity index (χ2v) is 5.56. The molecule has 126 valence electrons. The molecule has 0 aliphatic rings. The molecule has 0 aliphatic carbocycles. The first-order chi connectivity index (χ1) is 11.6. The average molecular weight is 325 g/mol. The van der Waals surface area contributed by atoms with Crippen molar-refractivity contribution >= 4 is 17.8 Å². The number of hydrazone groups is 1. The Morgan fingerprint density at radius 2 is 1.79 bits per heavy atom. The lowest BCUT2D eigenvalue weighted by Gasteiger charge is -2.11. The lowest BCUT2D eigenvalue weighted by atomic mass is 10.2. The molecule has 1 N–H and O–H groups in total. The van der Waals surface area contributed by atoms with E-state index in [1.165, 1.54) is 0 Å². The smallest absolute Gasteiger partial charge is 0.271 e. The van der Waals surface area contributed by atoms with Crippen LogP contribution in [0.1, 0.15) is 29.3 Å². The van der Waals surface area contributed by atoms with E-state index in [0.717, 1.165) is 23.4 Å². The normalized spacial score (nSPS) is 10.6. The van der Waals surface area contributed by atoms with Crippen molar-refractivity contribution in [3.05, 3.63) is 59.7 Å². The van der Waals surface area contributed by atoms with Crippen LogP contribution < -0.4 is 15.1 Å². The van der Waals surface area contributed by atoms with Crippen molar-refractivity contribution in [1.82, 2.24) is 5.43 Å². The molecular weight excluding hydrogens is 302 g/mol. The average Bonchev–Trinajstić information content (AvgIpc) is 2.60. The van der Waals surface area contributed by atoms with E-state index in [-0.39, 0.29) is 5.91 Å². The van der Waals surface area contributed by atoms with Crippen molar-refractivity contribution in [2.75, 3.05) is 25.6 Å². The number of rotatable bonds is 7. The van der Waals surface area contributed by atoms with Crippen LogP contribution in [-0.4, -0.2) is 32.8 Å². The maximum absolute atomic E-state index is 12.0. The minimum Gasteiger partial charge on any atom is -0.494 e. The van der Waals surface area contributed by atoms with Crippen LogP contribution in [0.15, 0.2) is 53.6 Å². The molecule has 0 bridgehead atoms. The van der Waals surface area contributed by atoms with Gasteiger partial charge >= 0.3 is 0 Å². The SMILES string of the molecule is CCCOc1ccc(C(=O)N/N=C\c2ccc(N(C)C)cc2)cc1. The van der Waals surface area contributed by atoms with Crippen LogP contribution in [0.4, 0.5) is 5.69 Å². The summed E-state index contributed by atoms with van der Waals surface area (Å²) in [5, 5.41) is 4.00. The van der Waals surface area contributed by atoms with E-state index < -0.39 is 0 Å². The third-order valence-corrected chi connectivity index (χ3v) is 3.38. The molecule has 24 heavy (non-hydrogen) atoms. The zero-order chi connectivity index (χ0) is 17.4. The number of nitrogens with zero attached hydrogens (tertiary/aromatic N) is 2. The van der Waals surface area contributed by atoms with Crippen molar-refractivity contribution in [2.24, 2.45) is 5.10 Å². The molecule has 0 aromatic heterocycles. The molecule has 0 saturated carbocycles. The van der Waals surface area contributed by atoms with E-state index in [4.69, 9.17) is 4.74 Å². The lowest BCUT2D eigenvalue weighted by Crippen LogP contribution is -2.17. The Hall–Kier alpha value is -2.82. The number of amides is 1. The van der Waals surface area contributed by atoms with Gasteiger partial charge in [0.05, 0.1) is 12.8 Å². The number of hydrogen-bond acceptors (Lipinski definition) is 4. The second-order valence-electron chi connectivity index (χ2n) is 5.56. The Kier molecular flexibility index (Phi) is 6.37. The van der Waals surface area contributed by atoms with Crippen LogP contribution in [0.3, 0.4) is 0 Å². The summed E-state index contributed by atoms with van der Waals surface area (Å²) in [7, 11) is 3.98. The van der Waals surface area contributed by atoms with Gasteiger partial charge in [0.1, 0.15) is 5.75 Å². The second kappa shape index (κ2) is 8.72. The summed E-state index contributed by atoms with van der Waals surface area (Å²) in [5.74, 6) is 0.510. The predicted molar refractivity (Wildman–Crippen MR) is 98.1 cm³/mol. The maximum atomic E-state index is 12.0. The summed E-state index contributed by atoms with van der Waals surface area (Å²) < 4.78 is 5.49. The molecule has 0 spiro atoms. The first-order valence-electron chi connectivity index (χ1n) is 7.94. The van der Waals surface area contributed by atoms with Gasteiger partial charge < -0.3 is 9.64 Å². The Morgan fingerprint density at radius 3 is 2.38 bits per heavy atom. The fourth-order valence-corrected chi connectivity index (χ4v) is 2.01. The quantitative estimate of drug-likeness (QED) is 0.628. The van der Waals surface area contributed by atoms with Gasteiger partial charge in [-0.3, -0.25) is 4.79 Å². The molecule has 0 unspecified atom stereocenters. The van der Waals surface area contributed by atoms with Crippen LogP contribution in [0, 0.1) is 0 Å². The van der Waals surface area contributed by atoms with Crippen LogP contribution in [-0.2, 0) is 0 Å². The molecule has 5 nitrogen and oxygen atoms in total. The van der Waals surface area contributed by atoms with E-state index in [0.29, 0.717) is 12.2 Å². The molecule has 2 rings (SSSR count). The van der Waals surface area contributed by atoms with Gasteiger partial charge in [-0.2, -0.15) is 5.10 Å². The van der Waals surface area contributed by atoms with E-state index in [9.17, 15) is 4.79 Å². The fourth-order valence-electron chi connectivity index (χ4n) is 2.01. The lowest BCUT2D eigenvalue weighted by molar-refractivity contribution is 0.0955. The molecule has 5 heteroatoms. The molecule has 0 radical (unpaired) electrons. The van der Waals surface area contributed by atoms with Gasteiger partial charge in [-0.25, -0.2) is 5.43 Å². The van der Waals surface area contributed by atoms with Crippen molar-refractivity contribution in [2.45, 2.75) is 13.3 Å². The van der Waals surface area contributed by atoms with E-state index >= 15 is 0 Å². The largest absolute Gasteiger partial charge is 0.494 e. The maximum Gasteiger partial charge on any atom is 0.271 e. The Morgan fingerprint density at radius 1 is 1.12 bits per heavy atom. The monoisotopic (exact) mass is 325 g/mol. The molecule has 1 amide bonds. The van der Waals surface area contributed by atoms with Crippen molar-refractivity contribution in [3.63, 3.8) is 0 Å². The highest BCUT2D eigenvalue weighted by Gasteiger charge is 2.04. The predicted octanol–water partition coefficient (Wildman–Crippen LogP) is 3.31. The van der Waals surface area contributed by atoms with Crippen molar-refractivity contribution in [1.29, 1.82) is 0 Å². The molecule has 2 aromatic rings. The van der Waals surface area contributed by atoms with Crippen molar-refractivity contribution in [3.8, 4) is 5.75 Å². The van der Waals surface area contributed by atoms with E-state index in [1.54, 1.807) is 30.5 Å². The number of ether oxygens (including phenoxy) is 1. The molecule has 0 heterocycles. The molecule has 0 atom stereocenters. The highest BCUT2D eigenvalue weighted by Crippen LogP contribution is 2.13. The highest BCUT2D eigenvalue weighted by atomic mass is 16.5. The summed E-state index contributed by atoms with van der Waals surface area (Å²) in [5.41, 5.74) is 5.10.